The van der Waals surface area contributed by atoms with Crippen molar-refractivity contribution >= 4 is 5.97 Å². The molecule has 0 aliphatic carbocycles. The van der Waals surface area contributed by atoms with Crippen molar-refractivity contribution in [3.05, 3.63) is 24.3 Å². The van der Waals surface area contributed by atoms with Crippen LogP contribution in [0, 0.1) is 0 Å². The minimum atomic E-state index is -0.976. The van der Waals surface area contributed by atoms with E-state index in [-0.39, 0.29) is 12.4 Å². The SMILES string of the molecule is CCN(CC)CCOC(=O)CC1(C)Oc2ccccc2O1. The largest absolute Gasteiger partial charge is 0.464 e. The molecule has 0 spiro atoms. The van der Waals surface area contributed by atoms with Gasteiger partial charge in [0, 0.05) is 13.5 Å². The van der Waals surface area contributed by atoms with Crippen molar-refractivity contribution in [2.24, 2.45) is 0 Å². The summed E-state index contributed by atoms with van der Waals surface area (Å²) in [6, 6.07) is 7.39. The molecule has 0 fully saturated rings. The van der Waals surface area contributed by atoms with E-state index in [1.54, 1.807) is 6.92 Å². The van der Waals surface area contributed by atoms with Crippen LogP contribution >= 0.6 is 0 Å². The van der Waals surface area contributed by atoms with Gasteiger partial charge in [-0.2, -0.15) is 0 Å². The first-order chi connectivity index (χ1) is 10.1. The predicted molar refractivity (Wildman–Crippen MR) is 79.5 cm³/mol. The first-order valence-electron chi connectivity index (χ1n) is 7.41. The number of benzene rings is 1. The quantitative estimate of drug-likeness (QED) is 0.723. The van der Waals surface area contributed by atoms with Crippen molar-refractivity contribution < 1.29 is 19.0 Å². The van der Waals surface area contributed by atoms with Crippen LogP contribution in [0.1, 0.15) is 27.2 Å². The number of carbonyl (C=O) groups is 1. The van der Waals surface area contributed by atoms with E-state index in [9.17, 15) is 4.79 Å². The molecule has 0 bridgehead atoms. The van der Waals surface area contributed by atoms with E-state index in [1.807, 2.05) is 24.3 Å². The van der Waals surface area contributed by atoms with Gasteiger partial charge in [-0.15, -0.1) is 0 Å². The third kappa shape index (κ3) is 4.11. The van der Waals surface area contributed by atoms with Crippen molar-refractivity contribution in [1.82, 2.24) is 4.90 Å². The highest BCUT2D eigenvalue weighted by Gasteiger charge is 2.39. The van der Waals surface area contributed by atoms with E-state index in [4.69, 9.17) is 14.2 Å². The van der Waals surface area contributed by atoms with E-state index in [2.05, 4.69) is 18.7 Å². The number of nitrogens with zero attached hydrogens (tertiary/aromatic N) is 1. The molecule has 0 radical (unpaired) electrons. The number of carbonyl (C=O) groups excluding carboxylic acids is 1. The smallest absolute Gasteiger partial charge is 0.313 e. The van der Waals surface area contributed by atoms with Gasteiger partial charge in [0.1, 0.15) is 13.0 Å². The molecule has 5 nitrogen and oxygen atoms in total. The van der Waals surface area contributed by atoms with Crippen LogP contribution in [0.25, 0.3) is 0 Å². The van der Waals surface area contributed by atoms with Crippen LogP contribution in [0.15, 0.2) is 24.3 Å². The maximum Gasteiger partial charge on any atom is 0.313 e. The predicted octanol–water partition coefficient (Wildman–Crippen LogP) is 2.45. The van der Waals surface area contributed by atoms with Crippen LogP contribution in [0.3, 0.4) is 0 Å². The monoisotopic (exact) mass is 293 g/mol. The Kier molecular flexibility index (Phi) is 5.07. The second kappa shape index (κ2) is 6.80. The number of likely N-dealkylation sites (N-methyl/N-ethyl adjacent to an activating group) is 1. The minimum absolute atomic E-state index is 0.0694. The van der Waals surface area contributed by atoms with Crippen LogP contribution in [-0.4, -0.2) is 42.9 Å². The van der Waals surface area contributed by atoms with Crippen LogP contribution < -0.4 is 9.47 Å². The van der Waals surface area contributed by atoms with Gasteiger partial charge in [0.2, 0.25) is 0 Å². The van der Waals surface area contributed by atoms with Crippen LogP contribution in [0.2, 0.25) is 0 Å². The molecule has 116 valence electrons. The summed E-state index contributed by atoms with van der Waals surface area (Å²) in [6.45, 7) is 8.97. The second-order valence-electron chi connectivity index (χ2n) is 5.21. The molecule has 0 aromatic heterocycles. The fourth-order valence-electron chi connectivity index (χ4n) is 2.32. The molecule has 1 aliphatic rings. The van der Waals surface area contributed by atoms with E-state index >= 15 is 0 Å². The fourth-order valence-corrected chi connectivity index (χ4v) is 2.32. The van der Waals surface area contributed by atoms with Gasteiger partial charge in [-0.05, 0) is 25.2 Å². The summed E-state index contributed by atoms with van der Waals surface area (Å²) in [5, 5.41) is 0. The zero-order chi connectivity index (χ0) is 15.3. The molecule has 1 aromatic carbocycles. The third-order valence-electron chi connectivity index (χ3n) is 3.53. The third-order valence-corrected chi connectivity index (χ3v) is 3.53. The molecule has 0 saturated carbocycles. The molecule has 2 rings (SSSR count). The van der Waals surface area contributed by atoms with Gasteiger partial charge in [0.15, 0.2) is 11.5 Å². The van der Waals surface area contributed by atoms with Gasteiger partial charge >= 0.3 is 5.97 Å². The number of hydrogen-bond donors (Lipinski definition) is 0. The van der Waals surface area contributed by atoms with E-state index in [1.165, 1.54) is 0 Å². The minimum Gasteiger partial charge on any atom is -0.464 e. The average molecular weight is 293 g/mol. The number of ether oxygens (including phenoxy) is 3. The molecule has 0 atom stereocenters. The van der Waals surface area contributed by atoms with E-state index in [0.29, 0.717) is 18.1 Å². The Labute approximate surface area is 125 Å². The summed E-state index contributed by atoms with van der Waals surface area (Å²) >= 11 is 0. The van der Waals surface area contributed by atoms with Crippen molar-refractivity contribution in [2.75, 3.05) is 26.2 Å². The summed E-state index contributed by atoms with van der Waals surface area (Å²) in [5.74, 6) is 0.0417. The molecule has 0 N–H and O–H groups in total. The molecule has 0 unspecified atom stereocenters. The maximum absolute atomic E-state index is 11.9. The molecular formula is C16H23NO4. The standard InChI is InChI=1S/C16H23NO4/c1-4-17(5-2)10-11-19-15(18)12-16(3)20-13-8-6-7-9-14(13)21-16/h6-9H,4-5,10-12H2,1-3H3. The van der Waals surface area contributed by atoms with E-state index < -0.39 is 5.79 Å². The lowest BCUT2D eigenvalue weighted by molar-refractivity contribution is -0.156. The molecule has 1 heterocycles. The first kappa shape index (κ1) is 15.6. The topological polar surface area (TPSA) is 48.0 Å². The maximum atomic E-state index is 11.9. The molecule has 1 aromatic rings. The Morgan fingerprint density at radius 2 is 1.76 bits per heavy atom. The zero-order valence-electron chi connectivity index (χ0n) is 12.9. The number of hydrogen-bond acceptors (Lipinski definition) is 5. The number of fused-ring (bicyclic) bond motifs is 1. The Balaban J connectivity index is 1.79. The van der Waals surface area contributed by atoms with Crippen LogP contribution in [0.5, 0.6) is 11.5 Å². The molecule has 21 heavy (non-hydrogen) atoms. The molecule has 5 heteroatoms. The first-order valence-corrected chi connectivity index (χ1v) is 7.41. The Morgan fingerprint density at radius 3 is 2.29 bits per heavy atom. The number of esters is 1. The van der Waals surface area contributed by atoms with E-state index in [0.717, 1.165) is 19.6 Å². The fraction of sp³-hybridized carbons (Fsp3) is 0.562. The highest BCUT2D eigenvalue weighted by molar-refractivity contribution is 5.70. The summed E-state index contributed by atoms with van der Waals surface area (Å²) in [7, 11) is 0. The summed E-state index contributed by atoms with van der Waals surface area (Å²) in [4.78, 5) is 14.1. The average Bonchev–Trinajstić information content (AvgIpc) is 2.79. The van der Waals surface area contributed by atoms with Gasteiger partial charge < -0.3 is 19.1 Å². The van der Waals surface area contributed by atoms with Crippen molar-refractivity contribution in [3.63, 3.8) is 0 Å². The van der Waals surface area contributed by atoms with Gasteiger partial charge in [0.05, 0.1) is 0 Å². The van der Waals surface area contributed by atoms with Gasteiger partial charge in [-0.25, -0.2) is 0 Å². The molecular weight excluding hydrogens is 270 g/mol. The zero-order valence-corrected chi connectivity index (χ0v) is 12.9. The number of para-hydroxylation sites is 2. The van der Waals surface area contributed by atoms with Crippen molar-refractivity contribution in [3.8, 4) is 11.5 Å². The second-order valence-corrected chi connectivity index (χ2v) is 5.21. The lowest BCUT2D eigenvalue weighted by atomic mass is 10.2. The summed E-state index contributed by atoms with van der Waals surface area (Å²) in [6.07, 6.45) is 0.0694. The van der Waals surface area contributed by atoms with Gasteiger partial charge in [0.25, 0.3) is 5.79 Å². The van der Waals surface area contributed by atoms with Gasteiger partial charge in [-0.3, -0.25) is 4.79 Å². The number of rotatable bonds is 7. The lowest BCUT2D eigenvalue weighted by Gasteiger charge is -2.22. The van der Waals surface area contributed by atoms with Crippen molar-refractivity contribution in [2.45, 2.75) is 33.0 Å². The highest BCUT2D eigenvalue weighted by Crippen LogP contribution is 2.40. The normalized spacial score (nSPS) is 15.2. The Bertz CT molecular complexity index is 460. The summed E-state index contributed by atoms with van der Waals surface area (Å²) in [5.41, 5.74) is 0. The van der Waals surface area contributed by atoms with Crippen molar-refractivity contribution in [1.29, 1.82) is 0 Å². The molecule has 0 saturated heterocycles. The lowest BCUT2D eigenvalue weighted by Crippen LogP contribution is -2.38. The Hall–Kier alpha value is -1.75. The molecule has 1 aliphatic heterocycles. The van der Waals surface area contributed by atoms with Gasteiger partial charge in [-0.1, -0.05) is 26.0 Å². The molecule has 0 amide bonds. The Morgan fingerprint density at radius 1 is 1.19 bits per heavy atom. The highest BCUT2D eigenvalue weighted by atomic mass is 16.7. The van der Waals surface area contributed by atoms with Crippen LogP contribution in [0.4, 0.5) is 0 Å². The van der Waals surface area contributed by atoms with Crippen LogP contribution in [-0.2, 0) is 9.53 Å². The summed E-state index contributed by atoms with van der Waals surface area (Å²) < 4.78 is 16.7.